The van der Waals surface area contributed by atoms with Crippen molar-refractivity contribution in [1.82, 2.24) is 0 Å². The number of unbranched alkanes of at least 4 members (excludes halogenated alkanes) is 9. The van der Waals surface area contributed by atoms with E-state index in [9.17, 15) is 9.36 Å². The molecule has 0 heterocycles. The first-order chi connectivity index (χ1) is 10.8. The number of rotatable bonds is 15. The molecule has 0 aromatic heterocycles. The zero-order valence-electron chi connectivity index (χ0n) is 14.0. The number of esters is 1. The SMILES string of the molecule is C=C(C)C(=O)OCCCCCCCCCCCCOP(=O)(Cl)Cl. The van der Waals surface area contributed by atoms with Crippen LogP contribution in [-0.4, -0.2) is 19.2 Å². The van der Waals surface area contributed by atoms with E-state index in [-0.39, 0.29) is 5.97 Å². The van der Waals surface area contributed by atoms with Crippen LogP contribution in [0.4, 0.5) is 0 Å². The molecule has 0 radical (unpaired) electrons. The van der Waals surface area contributed by atoms with E-state index in [1.807, 2.05) is 0 Å². The minimum Gasteiger partial charge on any atom is -0.462 e. The van der Waals surface area contributed by atoms with Crippen LogP contribution in [0, 0.1) is 0 Å². The Morgan fingerprint density at radius 2 is 1.26 bits per heavy atom. The molecule has 0 atom stereocenters. The van der Waals surface area contributed by atoms with Gasteiger partial charge in [-0.1, -0.05) is 57.9 Å². The third-order valence-corrected chi connectivity index (χ3v) is 4.43. The molecule has 0 saturated carbocycles. The standard InChI is InChI=1S/C16H29Cl2O4P/c1-15(2)16(19)21-13-11-9-7-5-3-4-6-8-10-12-14-22-23(17,18)20/h1,3-14H2,2H3. The molecule has 136 valence electrons. The molecule has 0 amide bonds. The van der Waals surface area contributed by atoms with Crippen molar-refractivity contribution in [3.8, 4) is 0 Å². The maximum atomic E-state index is 11.1. The molecular formula is C16H29Cl2O4P. The van der Waals surface area contributed by atoms with Crippen molar-refractivity contribution in [3.05, 3.63) is 12.2 Å². The zero-order valence-corrected chi connectivity index (χ0v) is 16.4. The molecule has 0 aromatic rings. The Kier molecular flexibility index (Phi) is 14.3. The maximum Gasteiger partial charge on any atom is 0.380 e. The van der Waals surface area contributed by atoms with Gasteiger partial charge in [-0.15, -0.1) is 0 Å². The molecule has 0 spiro atoms. The molecule has 0 rings (SSSR count). The second-order valence-electron chi connectivity index (χ2n) is 5.70. The molecule has 0 aliphatic heterocycles. The average molecular weight is 387 g/mol. The lowest BCUT2D eigenvalue weighted by Gasteiger charge is -2.05. The normalized spacial score (nSPS) is 11.4. The van der Waals surface area contributed by atoms with Crippen LogP contribution in [-0.2, 0) is 18.6 Å². The van der Waals surface area contributed by atoms with E-state index < -0.39 is 6.07 Å². The quantitative estimate of drug-likeness (QED) is 0.137. The van der Waals surface area contributed by atoms with Gasteiger partial charge >= 0.3 is 12.0 Å². The summed E-state index contributed by atoms with van der Waals surface area (Å²) in [4.78, 5) is 11.1. The Morgan fingerprint density at radius 3 is 1.65 bits per heavy atom. The minimum absolute atomic E-state index is 0.296. The van der Waals surface area contributed by atoms with Gasteiger partial charge in [0.1, 0.15) is 0 Å². The summed E-state index contributed by atoms with van der Waals surface area (Å²) in [7, 11) is 0. The van der Waals surface area contributed by atoms with Crippen molar-refractivity contribution < 1.29 is 18.6 Å². The number of carbonyl (C=O) groups is 1. The number of carbonyl (C=O) groups excluding carboxylic acids is 1. The molecule has 0 N–H and O–H groups in total. The molecule has 0 aliphatic rings. The van der Waals surface area contributed by atoms with Gasteiger partial charge < -0.3 is 9.26 Å². The molecule has 0 aliphatic carbocycles. The largest absolute Gasteiger partial charge is 0.462 e. The van der Waals surface area contributed by atoms with Crippen LogP contribution in [0.3, 0.4) is 0 Å². The third kappa shape index (κ3) is 18.2. The third-order valence-electron chi connectivity index (χ3n) is 3.36. The fourth-order valence-corrected chi connectivity index (χ4v) is 2.83. The number of hydrogen-bond donors (Lipinski definition) is 0. The van der Waals surface area contributed by atoms with Crippen molar-refractivity contribution in [2.45, 2.75) is 71.1 Å². The highest BCUT2D eigenvalue weighted by atomic mass is 35.9. The van der Waals surface area contributed by atoms with Crippen LogP contribution in [0.1, 0.15) is 71.1 Å². The lowest BCUT2D eigenvalue weighted by Crippen LogP contribution is -2.05. The van der Waals surface area contributed by atoms with Crippen LogP contribution in [0.15, 0.2) is 12.2 Å². The highest BCUT2D eigenvalue weighted by Gasteiger charge is 2.12. The molecule has 0 aromatic carbocycles. The lowest BCUT2D eigenvalue weighted by molar-refractivity contribution is -0.139. The zero-order chi connectivity index (χ0) is 17.6. The Bertz CT molecular complexity index is 382. The van der Waals surface area contributed by atoms with Crippen LogP contribution in [0.25, 0.3) is 0 Å². The van der Waals surface area contributed by atoms with Gasteiger partial charge in [-0.3, -0.25) is 4.57 Å². The molecule has 0 unspecified atom stereocenters. The highest BCUT2D eigenvalue weighted by Crippen LogP contribution is 2.57. The van der Waals surface area contributed by atoms with E-state index in [1.54, 1.807) is 6.92 Å². The van der Waals surface area contributed by atoms with E-state index in [0.717, 1.165) is 32.1 Å². The van der Waals surface area contributed by atoms with Crippen molar-refractivity contribution in [1.29, 1.82) is 0 Å². The van der Waals surface area contributed by atoms with Crippen molar-refractivity contribution >= 4 is 34.5 Å². The summed E-state index contributed by atoms with van der Waals surface area (Å²) in [5, 5.41) is 0. The highest BCUT2D eigenvalue weighted by molar-refractivity contribution is 8.05. The van der Waals surface area contributed by atoms with Gasteiger partial charge in [-0.25, -0.2) is 4.79 Å². The van der Waals surface area contributed by atoms with Crippen LogP contribution < -0.4 is 0 Å². The van der Waals surface area contributed by atoms with Crippen molar-refractivity contribution in [2.24, 2.45) is 0 Å². The molecule has 0 fully saturated rings. The molecule has 0 bridgehead atoms. The predicted molar refractivity (Wildman–Crippen MR) is 97.2 cm³/mol. The average Bonchev–Trinajstić information content (AvgIpc) is 2.46. The first-order valence-corrected chi connectivity index (χ1v) is 11.7. The first kappa shape index (κ1) is 23.0. The second kappa shape index (κ2) is 14.3. The number of hydrogen-bond acceptors (Lipinski definition) is 4. The minimum atomic E-state index is -3.35. The fourth-order valence-electron chi connectivity index (χ4n) is 2.08. The number of halogens is 2. The van der Waals surface area contributed by atoms with Gasteiger partial charge in [-0.2, -0.15) is 0 Å². The topological polar surface area (TPSA) is 52.6 Å². The summed E-state index contributed by atoms with van der Waals surface area (Å²) in [6.45, 7) is 6.05. The summed E-state index contributed by atoms with van der Waals surface area (Å²) in [6, 6.07) is 0. The second-order valence-corrected chi connectivity index (χ2v) is 9.98. The van der Waals surface area contributed by atoms with Gasteiger partial charge in [0, 0.05) is 5.57 Å². The Morgan fingerprint density at radius 1 is 0.870 bits per heavy atom. The van der Waals surface area contributed by atoms with Gasteiger partial charge in [0.2, 0.25) is 0 Å². The van der Waals surface area contributed by atoms with Crippen molar-refractivity contribution in [3.63, 3.8) is 0 Å². The summed E-state index contributed by atoms with van der Waals surface area (Å²) < 4.78 is 20.7. The van der Waals surface area contributed by atoms with Crippen molar-refractivity contribution in [2.75, 3.05) is 13.2 Å². The maximum absolute atomic E-state index is 11.1. The smallest absolute Gasteiger partial charge is 0.380 e. The molecule has 23 heavy (non-hydrogen) atoms. The van der Waals surface area contributed by atoms with Crippen LogP contribution in [0.2, 0.25) is 0 Å². The Balaban J connectivity index is 3.15. The fraction of sp³-hybridized carbons (Fsp3) is 0.812. The van der Waals surface area contributed by atoms with E-state index >= 15 is 0 Å². The summed E-state index contributed by atoms with van der Waals surface area (Å²) in [5.74, 6) is -0.296. The number of ether oxygens (including phenoxy) is 1. The lowest BCUT2D eigenvalue weighted by atomic mass is 10.1. The van der Waals surface area contributed by atoms with Gasteiger partial charge in [0.05, 0.1) is 13.2 Å². The van der Waals surface area contributed by atoms with Crippen LogP contribution in [0.5, 0.6) is 0 Å². The molecule has 0 saturated heterocycles. The summed E-state index contributed by atoms with van der Waals surface area (Å²) in [5.41, 5.74) is 0.455. The van der Waals surface area contributed by atoms with Gasteiger partial charge in [0.25, 0.3) is 0 Å². The van der Waals surface area contributed by atoms with E-state index in [4.69, 9.17) is 31.7 Å². The molecule has 7 heteroatoms. The molecule has 4 nitrogen and oxygen atoms in total. The molecular weight excluding hydrogens is 358 g/mol. The van der Waals surface area contributed by atoms with Gasteiger partial charge in [-0.05, 0) is 42.2 Å². The van der Waals surface area contributed by atoms with E-state index in [1.165, 1.54) is 32.1 Å². The van der Waals surface area contributed by atoms with E-state index in [0.29, 0.717) is 18.8 Å². The predicted octanol–water partition coefficient (Wildman–Crippen LogP) is 6.61. The Labute approximate surface area is 149 Å². The Hall–Kier alpha value is -0.0200. The van der Waals surface area contributed by atoms with Gasteiger partial charge in [0.15, 0.2) is 0 Å². The summed E-state index contributed by atoms with van der Waals surface area (Å²) in [6.07, 6.45) is 7.77. The monoisotopic (exact) mass is 386 g/mol. The summed E-state index contributed by atoms with van der Waals surface area (Å²) >= 11 is 10.6. The first-order valence-electron chi connectivity index (χ1n) is 8.29. The van der Waals surface area contributed by atoms with E-state index in [2.05, 4.69) is 6.58 Å². The van der Waals surface area contributed by atoms with Crippen LogP contribution >= 0.6 is 28.6 Å².